The Labute approximate surface area is 138 Å². The number of amides is 1. The van der Waals surface area contributed by atoms with Crippen LogP contribution in [0.25, 0.3) is 0 Å². The van der Waals surface area contributed by atoms with Crippen LogP contribution >= 0.6 is 11.3 Å². The van der Waals surface area contributed by atoms with Gasteiger partial charge in [0.25, 0.3) is 0 Å². The molecule has 1 saturated heterocycles. The highest BCUT2D eigenvalue weighted by Crippen LogP contribution is 2.32. The maximum atomic E-state index is 12.6. The summed E-state index contributed by atoms with van der Waals surface area (Å²) in [5.41, 5.74) is 1.39. The molecule has 1 aliphatic carbocycles. The van der Waals surface area contributed by atoms with Gasteiger partial charge in [-0.3, -0.25) is 9.69 Å². The number of hydrogen-bond donors (Lipinski definition) is 0. The van der Waals surface area contributed by atoms with Crippen LogP contribution in [0.15, 0.2) is 11.4 Å². The Morgan fingerprint density at radius 3 is 2.73 bits per heavy atom. The fourth-order valence-electron chi connectivity index (χ4n) is 3.34. The first kappa shape index (κ1) is 16.0. The predicted octanol–water partition coefficient (Wildman–Crippen LogP) is 3.53. The van der Waals surface area contributed by atoms with Crippen LogP contribution in [0.3, 0.4) is 0 Å². The van der Waals surface area contributed by atoms with Crippen molar-refractivity contribution in [1.82, 2.24) is 9.80 Å². The lowest BCUT2D eigenvalue weighted by atomic mass is 10.0. The number of carbonyl (C=O) groups is 1. The van der Waals surface area contributed by atoms with E-state index in [1.807, 2.05) is 11.3 Å². The van der Waals surface area contributed by atoms with Crippen molar-refractivity contribution in [2.24, 2.45) is 11.8 Å². The molecule has 1 aliphatic heterocycles. The molecule has 3 nitrogen and oxygen atoms in total. The maximum absolute atomic E-state index is 12.6. The first-order chi connectivity index (χ1) is 10.5. The topological polar surface area (TPSA) is 23.6 Å². The quantitative estimate of drug-likeness (QED) is 0.828. The molecule has 0 bridgehead atoms. The standard InChI is InChI=1S/C18H28N2OS/c1-13(2)16-11-19(12-17-14(3)7-9-22-17)8-6-18(21)20(16)10-15-4-5-15/h7,9,13,15-16H,4-6,8,10-12H2,1-3H3/t16-/m0/s1. The van der Waals surface area contributed by atoms with Crippen LogP contribution in [0.4, 0.5) is 0 Å². The molecule has 1 amide bonds. The molecule has 2 aliphatic rings. The van der Waals surface area contributed by atoms with Crippen molar-refractivity contribution < 1.29 is 4.79 Å². The molecular formula is C18H28N2OS. The normalized spacial score (nSPS) is 24.1. The summed E-state index contributed by atoms with van der Waals surface area (Å²) in [4.78, 5) is 18.8. The van der Waals surface area contributed by atoms with Crippen molar-refractivity contribution in [2.45, 2.75) is 52.6 Å². The van der Waals surface area contributed by atoms with Gasteiger partial charge in [0.2, 0.25) is 5.91 Å². The molecule has 1 aromatic heterocycles. The van der Waals surface area contributed by atoms with Gasteiger partial charge in [-0.15, -0.1) is 11.3 Å². The summed E-state index contributed by atoms with van der Waals surface area (Å²) in [6, 6.07) is 2.57. The van der Waals surface area contributed by atoms with Gasteiger partial charge < -0.3 is 4.90 Å². The minimum Gasteiger partial charge on any atom is -0.338 e. The number of thiophene rings is 1. The monoisotopic (exact) mass is 320 g/mol. The van der Waals surface area contributed by atoms with Crippen molar-refractivity contribution in [3.05, 3.63) is 21.9 Å². The van der Waals surface area contributed by atoms with E-state index >= 15 is 0 Å². The summed E-state index contributed by atoms with van der Waals surface area (Å²) in [6.07, 6.45) is 3.31. The molecule has 0 radical (unpaired) electrons. The molecule has 3 rings (SSSR count). The summed E-state index contributed by atoms with van der Waals surface area (Å²) in [6.45, 7) is 10.6. The molecule has 1 atom stereocenters. The van der Waals surface area contributed by atoms with Crippen LogP contribution < -0.4 is 0 Å². The molecule has 1 aromatic rings. The van der Waals surface area contributed by atoms with E-state index in [1.54, 1.807) is 0 Å². The lowest BCUT2D eigenvalue weighted by molar-refractivity contribution is -0.133. The summed E-state index contributed by atoms with van der Waals surface area (Å²) >= 11 is 1.84. The van der Waals surface area contributed by atoms with Gasteiger partial charge in [-0.05, 0) is 48.6 Å². The van der Waals surface area contributed by atoms with E-state index in [2.05, 4.69) is 42.0 Å². The lowest BCUT2D eigenvalue weighted by Gasteiger charge is -2.35. The van der Waals surface area contributed by atoms with Gasteiger partial charge in [-0.25, -0.2) is 0 Å². The van der Waals surface area contributed by atoms with E-state index < -0.39 is 0 Å². The Morgan fingerprint density at radius 1 is 1.36 bits per heavy atom. The van der Waals surface area contributed by atoms with Gasteiger partial charge in [0.15, 0.2) is 0 Å². The highest BCUT2D eigenvalue weighted by atomic mass is 32.1. The first-order valence-electron chi connectivity index (χ1n) is 8.59. The van der Waals surface area contributed by atoms with Crippen molar-refractivity contribution in [3.63, 3.8) is 0 Å². The maximum Gasteiger partial charge on any atom is 0.224 e. The van der Waals surface area contributed by atoms with E-state index in [0.29, 0.717) is 24.3 Å². The zero-order valence-corrected chi connectivity index (χ0v) is 14.9. The second kappa shape index (κ2) is 6.71. The first-order valence-corrected chi connectivity index (χ1v) is 9.47. The molecule has 2 fully saturated rings. The summed E-state index contributed by atoms with van der Waals surface area (Å²) in [7, 11) is 0. The Balaban J connectivity index is 1.72. The third-order valence-electron chi connectivity index (χ3n) is 5.06. The Kier molecular flexibility index (Phi) is 4.88. The minimum atomic E-state index is 0.371. The van der Waals surface area contributed by atoms with Gasteiger partial charge in [0, 0.05) is 43.5 Å². The van der Waals surface area contributed by atoms with Crippen molar-refractivity contribution in [1.29, 1.82) is 0 Å². The fourth-order valence-corrected chi connectivity index (χ4v) is 4.28. The third-order valence-corrected chi connectivity index (χ3v) is 6.07. The van der Waals surface area contributed by atoms with Gasteiger partial charge in [0.1, 0.15) is 0 Å². The van der Waals surface area contributed by atoms with Gasteiger partial charge in [-0.1, -0.05) is 13.8 Å². The van der Waals surface area contributed by atoms with Crippen LogP contribution in [0.1, 0.15) is 43.6 Å². The molecule has 122 valence electrons. The zero-order valence-electron chi connectivity index (χ0n) is 14.0. The summed E-state index contributed by atoms with van der Waals surface area (Å²) < 4.78 is 0. The zero-order chi connectivity index (χ0) is 15.7. The SMILES string of the molecule is Cc1ccsc1CN1CCC(=O)N(CC2CC2)[C@H](C(C)C)C1. The number of carbonyl (C=O) groups excluding carboxylic acids is 1. The Bertz CT molecular complexity index is 521. The number of rotatable bonds is 5. The molecular weight excluding hydrogens is 292 g/mol. The van der Waals surface area contributed by atoms with E-state index in [4.69, 9.17) is 0 Å². The number of aryl methyl sites for hydroxylation is 1. The summed E-state index contributed by atoms with van der Waals surface area (Å²) in [5.74, 6) is 1.67. The van der Waals surface area contributed by atoms with Gasteiger partial charge in [-0.2, -0.15) is 0 Å². The van der Waals surface area contributed by atoms with Crippen LogP contribution in [0.2, 0.25) is 0 Å². The van der Waals surface area contributed by atoms with Crippen LogP contribution in [0, 0.1) is 18.8 Å². The van der Waals surface area contributed by atoms with E-state index in [0.717, 1.165) is 32.1 Å². The largest absolute Gasteiger partial charge is 0.338 e. The highest BCUT2D eigenvalue weighted by molar-refractivity contribution is 7.10. The Hall–Kier alpha value is -0.870. The average Bonchev–Trinajstić information content (AvgIpc) is 3.23. The Morgan fingerprint density at radius 2 is 2.14 bits per heavy atom. The molecule has 2 heterocycles. The third kappa shape index (κ3) is 3.72. The van der Waals surface area contributed by atoms with E-state index in [9.17, 15) is 4.79 Å². The van der Waals surface area contributed by atoms with Crippen molar-refractivity contribution >= 4 is 17.2 Å². The molecule has 22 heavy (non-hydrogen) atoms. The molecule has 0 unspecified atom stereocenters. The number of hydrogen-bond acceptors (Lipinski definition) is 3. The minimum absolute atomic E-state index is 0.371. The van der Waals surface area contributed by atoms with Crippen LogP contribution in [-0.2, 0) is 11.3 Å². The van der Waals surface area contributed by atoms with Crippen molar-refractivity contribution in [3.8, 4) is 0 Å². The molecule has 0 spiro atoms. The smallest absolute Gasteiger partial charge is 0.224 e. The van der Waals surface area contributed by atoms with Crippen LogP contribution in [0.5, 0.6) is 0 Å². The predicted molar refractivity (Wildman–Crippen MR) is 92.0 cm³/mol. The average molecular weight is 321 g/mol. The fraction of sp³-hybridized carbons (Fsp3) is 0.722. The second-order valence-corrected chi connectivity index (χ2v) is 8.31. The van der Waals surface area contributed by atoms with E-state index in [1.165, 1.54) is 23.3 Å². The number of nitrogens with zero attached hydrogens (tertiary/aromatic N) is 2. The van der Waals surface area contributed by atoms with Gasteiger partial charge in [0.05, 0.1) is 0 Å². The lowest BCUT2D eigenvalue weighted by Crippen LogP contribution is -2.47. The van der Waals surface area contributed by atoms with Gasteiger partial charge >= 0.3 is 0 Å². The highest BCUT2D eigenvalue weighted by Gasteiger charge is 2.35. The van der Waals surface area contributed by atoms with E-state index in [-0.39, 0.29) is 0 Å². The van der Waals surface area contributed by atoms with Crippen LogP contribution in [-0.4, -0.2) is 41.4 Å². The van der Waals surface area contributed by atoms with Crippen molar-refractivity contribution in [2.75, 3.05) is 19.6 Å². The molecule has 1 saturated carbocycles. The molecule has 0 N–H and O–H groups in total. The molecule has 0 aromatic carbocycles. The summed E-state index contributed by atoms with van der Waals surface area (Å²) in [5, 5.41) is 2.17. The second-order valence-electron chi connectivity index (χ2n) is 7.31. The molecule has 4 heteroatoms.